The second kappa shape index (κ2) is 79.6. The van der Waals surface area contributed by atoms with Crippen LogP contribution < -0.4 is 0 Å². The number of aliphatic hydroxyl groups is 2. The molecule has 0 heterocycles. The van der Waals surface area contributed by atoms with Gasteiger partial charge in [-0.05, 0) is 13.8 Å². The van der Waals surface area contributed by atoms with Crippen molar-refractivity contribution < 1.29 is 31.9 Å². The van der Waals surface area contributed by atoms with E-state index in [1.807, 2.05) is 13.8 Å². The van der Waals surface area contributed by atoms with Gasteiger partial charge in [-0.25, -0.2) is 0 Å². The molecule has 0 aliphatic rings. The van der Waals surface area contributed by atoms with Gasteiger partial charge in [0.15, 0.2) is 0 Å². The Labute approximate surface area is 99.6 Å². The molecule has 0 aromatic rings. The maximum Gasteiger partial charge on any atom is 2.00 e. The Kier molecular flexibility index (Phi) is 179. The molecule has 0 fully saturated rings. The van der Waals surface area contributed by atoms with Crippen LogP contribution in [0.1, 0.15) is 40.5 Å². The normalized spacial score (nSPS) is 5.54. The molecule has 0 saturated heterocycles. The first-order valence-electron chi connectivity index (χ1n) is 4.46. The number of rotatable bonds is 0. The monoisotopic (exact) mass is 226 g/mol. The van der Waals surface area contributed by atoms with Crippen LogP contribution in [0.4, 0.5) is 0 Å². The van der Waals surface area contributed by atoms with Crippen molar-refractivity contribution in [2.24, 2.45) is 0 Å². The van der Waals surface area contributed by atoms with Crippen LogP contribution in [0.15, 0.2) is 0 Å². The van der Waals surface area contributed by atoms with E-state index in [0.29, 0.717) is 0 Å². The van der Waals surface area contributed by atoms with E-state index in [-0.39, 0.29) is 34.9 Å². The standard InChI is InChI=1S/2C3H7.2C2H6O.Ti/c2*1-3-2;2*1-2-3;/h2*1,3H2,2H3;2*3H,2H2,1H3;/q2*-1;;;+2. The third-order valence-electron chi connectivity index (χ3n) is 0. The summed E-state index contributed by atoms with van der Waals surface area (Å²) in [4.78, 5) is 0. The molecule has 2 N–H and O–H groups in total. The Morgan fingerprint density at radius 2 is 0.769 bits per heavy atom. The summed E-state index contributed by atoms with van der Waals surface area (Å²) < 4.78 is 0. The van der Waals surface area contributed by atoms with E-state index >= 15 is 0 Å². The summed E-state index contributed by atoms with van der Waals surface area (Å²) in [5.41, 5.74) is 0. The van der Waals surface area contributed by atoms with Gasteiger partial charge in [0.05, 0.1) is 0 Å². The molecular formula is C10H26O2Ti. The van der Waals surface area contributed by atoms with Gasteiger partial charge in [-0.2, -0.15) is 12.8 Å². The van der Waals surface area contributed by atoms with Crippen LogP contribution in [0.2, 0.25) is 0 Å². The quantitative estimate of drug-likeness (QED) is 0.492. The summed E-state index contributed by atoms with van der Waals surface area (Å²) >= 11 is 0. The minimum absolute atomic E-state index is 0. The Bertz CT molecular complexity index is 20.9. The minimum Gasteiger partial charge on any atom is -0.397 e. The van der Waals surface area contributed by atoms with Crippen LogP contribution in [-0.2, 0) is 21.7 Å². The Morgan fingerprint density at radius 1 is 0.769 bits per heavy atom. The number of hydrogen-bond acceptors (Lipinski definition) is 2. The molecule has 2 nitrogen and oxygen atoms in total. The maximum absolute atomic E-state index is 7.57. The average molecular weight is 226 g/mol. The van der Waals surface area contributed by atoms with Crippen molar-refractivity contribution in [2.75, 3.05) is 13.2 Å². The number of hydrogen-bond donors (Lipinski definition) is 2. The van der Waals surface area contributed by atoms with E-state index in [4.69, 9.17) is 10.2 Å². The van der Waals surface area contributed by atoms with Gasteiger partial charge in [-0.1, -0.05) is 13.8 Å². The summed E-state index contributed by atoms with van der Waals surface area (Å²) in [5, 5.41) is 15.1. The minimum atomic E-state index is 0. The second-order valence-corrected chi connectivity index (χ2v) is 1.63. The van der Waals surface area contributed by atoms with Crippen LogP contribution in [0.3, 0.4) is 0 Å². The first kappa shape index (κ1) is 29.2. The fourth-order valence-electron chi connectivity index (χ4n) is 0. The Balaban J connectivity index is -0.0000000213. The van der Waals surface area contributed by atoms with Gasteiger partial charge in [-0.15, -0.1) is 0 Å². The predicted octanol–water partition coefficient (Wildman–Crippen LogP) is 2.46. The first-order chi connectivity index (χ1) is 5.66. The molecule has 0 radical (unpaired) electrons. The van der Waals surface area contributed by atoms with Crippen LogP contribution in [-0.4, -0.2) is 23.4 Å². The summed E-state index contributed by atoms with van der Waals surface area (Å²) in [7, 11) is 0. The Morgan fingerprint density at radius 3 is 0.769 bits per heavy atom. The molecule has 13 heavy (non-hydrogen) atoms. The SMILES string of the molecule is CCO.CCO.[CH2-]CC.[CH2-]CC.[Ti+2]. The van der Waals surface area contributed by atoms with Crippen molar-refractivity contribution in [2.45, 2.75) is 40.5 Å². The summed E-state index contributed by atoms with van der Waals surface area (Å²) in [6.07, 6.45) is 2.00. The van der Waals surface area contributed by atoms with Gasteiger partial charge in [0, 0.05) is 13.2 Å². The van der Waals surface area contributed by atoms with Crippen LogP contribution >= 0.6 is 0 Å². The fourth-order valence-corrected chi connectivity index (χ4v) is 0. The van der Waals surface area contributed by atoms with E-state index in [9.17, 15) is 0 Å². The molecule has 0 aliphatic carbocycles. The zero-order chi connectivity index (χ0) is 10.8. The van der Waals surface area contributed by atoms with Crippen LogP contribution in [0.25, 0.3) is 0 Å². The van der Waals surface area contributed by atoms with Crippen molar-refractivity contribution in [1.29, 1.82) is 0 Å². The topological polar surface area (TPSA) is 40.5 Å². The molecule has 0 atom stereocenters. The number of aliphatic hydroxyl groups excluding tert-OH is 2. The van der Waals surface area contributed by atoms with Crippen molar-refractivity contribution in [1.82, 2.24) is 0 Å². The summed E-state index contributed by atoms with van der Waals surface area (Å²) in [6.45, 7) is 14.9. The van der Waals surface area contributed by atoms with Gasteiger partial charge in [0.1, 0.15) is 0 Å². The maximum atomic E-state index is 7.57. The van der Waals surface area contributed by atoms with Crippen molar-refractivity contribution in [3.05, 3.63) is 13.8 Å². The molecule has 0 bridgehead atoms. The van der Waals surface area contributed by atoms with E-state index < -0.39 is 0 Å². The third-order valence-corrected chi connectivity index (χ3v) is 0. The first-order valence-corrected chi connectivity index (χ1v) is 4.46. The second-order valence-electron chi connectivity index (χ2n) is 1.63. The predicted molar refractivity (Wildman–Crippen MR) is 56.8 cm³/mol. The van der Waals surface area contributed by atoms with Gasteiger partial charge in [0.25, 0.3) is 0 Å². The van der Waals surface area contributed by atoms with Crippen LogP contribution in [0.5, 0.6) is 0 Å². The zero-order valence-electron chi connectivity index (χ0n) is 9.64. The molecule has 82 valence electrons. The van der Waals surface area contributed by atoms with Gasteiger partial charge >= 0.3 is 21.7 Å². The fraction of sp³-hybridized carbons (Fsp3) is 0.800. The van der Waals surface area contributed by atoms with Crippen molar-refractivity contribution in [3.63, 3.8) is 0 Å². The van der Waals surface area contributed by atoms with Crippen LogP contribution in [0, 0.1) is 13.8 Å². The summed E-state index contributed by atoms with van der Waals surface area (Å²) in [6, 6.07) is 0. The van der Waals surface area contributed by atoms with Gasteiger partial charge in [-0.3, -0.25) is 0 Å². The van der Waals surface area contributed by atoms with Crippen molar-refractivity contribution >= 4 is 0 Å². The molecule has 0 aromatic heterocycles. The molecule has 0 unspecified atom stereocenters. The van der Waals surface area contributed by atoms with E-state index in [1.165, 1.54) is 0 Å². The molecule has 0 saturated carbocycles. The molecule has 0 amide bonds. The molecular weight excluding hydrogens is 200 g/mol. The Hall–Kier alpha value is 0.634. The molecule has 0 aromatic carbocycles. The molecule has 0 rings (SSSR count). The molecule has 3 heteroatoms. The van der Waals surface area contributed by atoms with Crippen molar-refractivity contribution in [3.8, 4) is 0 Å². The largest absolute Gasteiger partial charge is 2.00 e. The smallest absolute Gasteiger partial charge is 0.397 e. The average Bonchev–Trinajstić information content (AvgIpc) is 1.92. The molecule has 0 spiro atoms. The van der Waals surface area contributed by atoms with E-state index in [0.717, 1.165) is 12.8 Å². The molecule has 0 aliphatic heterocycles. The zero-order valence-corrected chi connectivity index (χ0v) is 11.2. The summed E-state index contributed by atoms with van der Waals surface area (Å²) in [5.74, 6) is 0. The van der Waals surface area contributed by atoms with E-state index in [2.05, 4.69) is 13.8 Å². The van der Waals surface area contributed by atoms with E-state index in [1.54, 1.807) is 13.8 Å². The third kappa shape index (κ3) is 3550. The van der Waals surface area contributed by atoms with Gasteiger partial charge in [0.2, 0.25) is 0 Å². The van der Waals surface area contributed by atoms with Gasteiger partial charge < -0.3 is 24.1 Å².